The first-order chi connectivity index (χ1) is 20.0. The number of aryl methyl sites for hydroxylation is 1. The lowest BCUT2D eigenvalue weighted by atomic mass is 9.90. The molecule has 6 rings (SSSR count). The van der Waals surface area contributed by atoms with E-state index in [2.05, 4.69) is 0 Å². The number of hydrogen-bond acceptors (Lipinski definition) is 4. The lowest BCUT2D eigenvalue weighted by Gasteiger charge is -2.21. The van der Waals surface area contributed by atoms with Crippen molar-refractivity contribution < 1.29 is 36.9 Å². The third kappa shape index (κ3) is 5.01. The molecule has 2 atom stereocenters. The summed E-state index contributed by atoms with van der Waals surface area (Å²) in [6.07, 6.45) is -3.58. The number of ether oxygens (including phenoxy) is 2. The van der Waals surface area contributed by atoms with Crippen molar-refractivity contribution in [3.8, 4) is 33.8 Å². The molecule has 0 saturated carbocycles. The van der Waals surface area contributed by atoms with Crippen LogP contribution in [0, 0.1) is 5.82 Å². The van der Waals surface area contributed by atoms with Gasteiger partial charge in [-0.3, -0.25) is 9.59 Å². The molecule has 0 fully saturated rings. The van der Waals surface area contributed by atoms with Gasteiger partial charge in [-0.25, -0.2) is 4.39 Å². The standard InChI is InChI=1S/C32H25F4NO5/c1-37-15-19(6-11-28(37)38)17-2-4-18(5-3-17)30-23-9-10-26(31(23)25(33)14-24(30)32(34,35)36)42-21-7-8-22-20(12-29(39)40)16-41-27(22)13-21/h2-8,11,13-15,20,26H,9-10,12,16H2,1H3,(H,39,40)/t20-,26-/m1/s1. The monoisotopic (exact) mass is 579 g/mol. The highest BCUT2D eigenvalue weighted by Crippen LogP contribution is 2.48. The lowest BCUT2D eigenvalue weighted by Crippen LogP contribution is -2.14. The van der Waals surface area contributed by atoms with E-state index in [-0.39, 0.29) is 54.0 Å². The molecular formula is C32H25F4NO5. The number of aliphatic carboxylic acids is 1. The van der Waals surface area contributed by atoms with Crippen molar-refractivity contribution in [2.24, 2.45) is 7.05 Å². The number of carbonyl (C=O) groups is 1. The smallest absolute Gasteiger partial charge is 0.417 e. The van der Waals surface area contributed by atoms with Crippen LogP contribution in [0.2, 0.25) is 0 Å². The molecule has 1 aliphatic heterocycles. The highest BCUT2D eigenvalue weighted by atomic mass is 19.4. The van der Waals surface area contributed by atoms with Crippen LogP contribution < -0.4 is 15.0 Å². The Morgan fingerprint density at radius 3 is 2.45 bits per heavy atom. The Labute approximate surface area is 237 Å². The number of nitrogens with zero attached hydrogens (tertiary/aromatic N) is 1. The van der Waals surface area contributed by atoms with E-state index < -0.39 is 29.6 Å². The molecule has 0 spiro atoms. The van der Waals surface area contributed by atoms with Crippen LogP contribution in [-0.4, -0.2) is 22.2 Å². The second-order valence-corrected chi connectivity index (χ2v) is 10.6. The fourth-order valence-electron chi connectivity index (χ4n) is 5.89. The summed E-state index contributed by atoms with van der Waals surface area (Å²) in [5, 5.41) is 9.12. The number of aromatic nitrogens is 1. The van der Waals surface area contributed by atoms with Crippen LogP contribution in [0.25, 0.3) is 22.3 Å². The number of halogens is 4. The molecule has 0 amide bonds. The topological polar surface area (TPSA) is 77.8 Å². The minimum absolute atomic E-state index is 0.0780. The minimum Gasteiger partial charge on any atom is -0.492 e. The summed E-state index contributed by atoms with van der Waals surface area (Å²) < 4.78 is 71.2. The first-order valence-corrected chi connectivity index (χ1v) is 13.3. The van der Waals surface area contributed by atoms with Crippen molar-refractivity contribution in [2.45, 2.75) is 37.5 Å². The molecule has 42 heavy (non-hydrogen) atoms. The largest absolute Gasteiger partial charge is 0.492 e. The molecule has 0 unspecified atom stereocenters. The van der Waals surface area contributed by atoms with Gasteiger partial charge < -0.3 is 19.1 Å². The fraction of sp³-hybridized carbons (Fsp3) is 0.250. The van der Waals surface area contributed by atoms with Crippen molar-refractivity contribution >= 4 is 5.97 Å². The Morgan fingerprint density at radius 1 is 1.05 bits per heavy atom. The maximum Gasteiger partial charge on any atom is 0.417 e. The first-order valence-electron chi connectivity index (χ1n) is 13.3. The zero-order valence-corrected chi connectivity index (χ0v) is 22.4. The summed E-state index contributed by atoms with van der Waals surface area (Å²) >= 11 is 0. The average molecular weight is 580 g/mol. The molecule has 2 aliphatic rings. The predicted molar refractivity (Wildman–Crippen MR) is 146 cm³/mol. The van der Waals surface area contributed by atoms with Gasteiger partial charge in [-0.15, -0.1) is 0 Å². The van der Waals surface area contributed by atoms with Gasteiger partial charge in [0, 0.05) is 42.4 Å². The van der Waals surface area contributed by atoms with Gasteiger partial charge in [-0.05, 0) is 58.9 Å². The molecule has 216 valence electrons. The molecular weight excluding hydrogens is 554 g/mol. The van der Waals surface area contributed by atoms with Gasteiger partial charge in [0.15, 0.2) is 0 Å². The Balaban J connectivity index is 1.35. The van der Waals surface area contributed by atoms with Crippen LogP contribution in [0.15, 0.2) is 71.7 Å². The molecule has 0 radical (unpaired) electrons. The second kappa shape index (κ2) is 10.3. The Kier molecular flexibility index (Phi) is 6.79. The molecule has 0 saturated heterocycles. The van der Waals surface area contributed by atoms with E-state index in [0.717, 1.165) is 11.1 Å². The summed E-state index contributed by atoms with van der Waals surface area (Å²) in [6.45, 7) is 0.219. The number of carboxylic acid groups (broad SMARTS) is 1. The van der Waals surface area contributed by atoms with E-state index in [0.29, 0.717) is 28.7 Å². The van der Waals surface area contributed by atoms with Crippen LogP contribution >= 0.6 is 0 Å². The SMILES string of the molecule is Cn1cc(-c2ccc(-c3c(C(F)(F)F)cc(F)c4c3CC[C@H]4Oc3ccc4c(c3)OC[C@H]4CC(=O)O)cc2)ccc1=O. The molecule has 4 aromatic rings. The minimum atomic E-state index is -4.79. The Hall–Kier alpha value is -4.60. The first kappa shape index (κ1) is 27.6. The number of rotatable bonds is 6. The van der Waals surface area contributed by atoms with Crippen LogP contribution in [0.5, 0.6) is 11.5 Å². The highest BCUT2D eigenvalue weighted by Gasteiger charge is 2.40. The van der Waals surface area contributed by atoms with Gasteiger partial charge in [-0.1, -0.05) is 30.3 Å². The molecule has 1 N–H and O–H groups in total. The molecule has 3 aromatic carbocycles. The van der Waals surface area contributed by atoms with Crippen LogP contribution in [0.3, 0.4) is 0 Å². The van der Waals surface area contributed by atoms with Gasteiger partial charge in [0.2, 0.25) is 5.56 Å². The van der Waals surface area contributed by atoms with Crippen LogP contribution in [-0.2, 0) is 24.4 Å². The molecule has 1 aromatic heterocycles. The zero-order chi connectivity index (χ0) is 29.8. The van der Waals surface area contributed by atoms with Crippen molar-refractivity contribution in [1.29, 1.82) is 0 Å². The van der Waals surface area contributed by atoms with E-state index in [9.17, 15) is 22.8 Å². The van der Waals surface area contributed by atoms with Crippen LogP contribution in [0.4, 0.5) is 17.6 Å². The summed E-state index contributed by atoms with van der Waals surface area (Å²) in [4.78, 5) is 22.9. The average Bonchev–Trinajstić information content (AvgIpc) is 3.54. The maximum absolute atomic E-state index is 15.4. The van der Waals surface area contributed by atoms with E-state index in [1.165, 1.54) is 10.6 Å². The molecule has 10 heteroatoms. The van der Waals surface area contributed by atoms with Gasteiger partial charge in [0.25, 0.3) is 0 Å². The Morgan fingerprint density at radius 2 is 1.76 bits per heavy atom. The summed E-state index contributed by atoms with van der Waals surface area (Å²) in [6, 6.07) is 15.1. The molecule has 6 nitrogen and oxygen atoms in total. The van der Waals surface area contributed by atoms with E-state index >= 15 is 4.39 Å². The quantitative estimate of drug-likeness (QED) is 0.252. The van der Waals surface area contributed by atoms with E-state index in [1.54, 1.807) is 61.8 Å². The van der Waals surface area contributed by atoms with Gasteiger partial charge in [0.05, 0.1) is 18.6 Å². The second-order valence-electron chi connectivity index (χ2n) is 10.6. The van der Waals surface area contributed by atoms with Crippen molar-refractivity contribution in [3.63, 3.8) is 0 Å². The molecule has 0 bridgehead atoms. The molecule has 1 aliphatic carbocycles. The number of alkyl halides is 3. The highest BCUT2D eigenvalue weighted by molar-refractivity contribution is 5.77. The number of benzene rings is 3. The third-order valence-electron chi connectivity index (χ3n) is 7.87. The zero-order valence-electron chi connectivity index (χ0n) is 22.4. The van der Waals surface area contributed by atoms with Gasteiger partial charge in [0.1, 0.15) is 23.4 Å². The summed E-state index contributed by atoms with van der Waals surface area (Å²) in [5.74, 6) is -1.39. The number of hydrogen-bond donors (Lipinski definition) is 1. The van der Waals surface area contributed by atoms with Gasteiger partial charge in [-0.2, -0.15) is 13.2 Å². The van der Waals surface area contributed by atoms with Crippen LogP contribution in [0.1, 0.15) is 47.1 Å². The number of carboxylic acids is 1. The summed E-state index contributed by atoms with van der Waals surface area (Å²) in [5.41, 5.74) is 1.50. The van der Waals surface area contributed by atoms with E-state index in [4.69, 9.17) is 14.6 Å². The molecule has 2 heterocycles. The lowest BCUT2D eigenvalue weighted by molar-refractivity contribution is -0.138. The maximum atomic E-state index is 15.4. The fourth-order valence-corrected chi connectivity index (χ4v) is 5.89. The predicted octanol–water partition coefficient (Wildman–Crippen LogP) is 6.89. The van der Waals surface area contributed by atoms with Crippen molar-refractivity contribution in [3.05, 3.63) is 105 Å². The number of fused-ring (bicyclic) bond motifs is 2. The van der Waals surface area contributed by atoms with Crippen molar-refractivity contribution in [2.75, 3.05) is 6.61 Å². The summed E-state index contributed by atoms with van der Waals surface area (Å²) in [7, 11) is 1.61. The van der Waals surface area contributed by atoms with Gasteiger partial charge >= 0.3 is 12.1 Å². The normalized spacial score (nSPS) is 17.5. The number of pyridine rings is 1. The third-order valence-corrected chi connectivity index (χ3v) is 7.87. The van der Waals surface area contributed by atoms with Crippen molar-refractivity contribution in [1.82, 2.24) is 4.57 Å². The Bertz CT molecular complexity index is 1760. The van der Waals surface area contributed by atoms with E-state index in [1.807, 2.05) is 0 Å².